The molecule has 62 heavy (non-hydrogen) atoms. The molecule has 0 aliphatic carbocycles. The lowest BCUT2D eigenvalue weighted by Crippen LogP contribution is -2.30. The number of phosphoric acid groups is 2. The molecule has 1 rings (SSSR count). The highest BCUT2D eigenvalue weighted by atomic mass is 31.2. The van der Waals surface area contributed by atoms with Crippen molar-refractivity contribution < 1.29 is 66.3 Å². The van der Waals surface area contributed by atoms with Gasteiger partial charge >= 0.3 is 27.6 Å². The number of ether oxygens (including phenoxy) is 3. The molecule has 0 saturated carbocycles. The van der Waals surface area contributed by atoms with Crippen molar-refractivity contribution in [1.82, 2.24) is 0 Å². The van der Waals surface area contributed by atoms with Gasteiger partial charge in [-0.15, -0.1) is 0 Å². The minimum absolute atomic E-state index is 0.115. The summed E-state index contributed by atoms with van der Waals surface area (Å²) in [5, 5.41) is 9.76. The van der Waals surface area contributed by atoms with E-state index in [2.05, 4.69) is 49.6 Å². The van der Waals surface area contributed by atoms with Crippen LogP contribution in [0.25, 0.3) is 0 Å². The van der Waals surface area contributed by atoms with Crippen molar-refractivity contribution >= 4 is 27.6 Å². The molecule has 362 valence electrons. The molecule has 3 unspecified atom stereocenters. The van der Waals surface area contributed by atoms with Gasteiger partial charge in [-0.1, -0.05) is 160 Å². The first-order valence-electron chi connectivity index (χ1n) is 23.7. The zero-order chi connectivity index (χ0) is 45.7. The molecule has 0 aromatic heterocycles. The largest absolute Gasteiger partial charge is 0.472 e. The predicted octanol–water partition coefficient (Wildman–Crippen LogP) is 11.3. The van der Waals surface area contributed by atoms with Gasteiger partial charge in [0.25, 0.3) is 0 Å². The van der Waals surface area contributed by atoms with Crippen LogP contribution in [-0.2, 0) is 46.5 Å². The predicted molar refractivity (Wildman–Crippen MR) is 243 cm³/mol. The quantitative estimate of drug-likeness (QED) is 0.0148. The Balaban J connectivity index is 2.36. The maximum atomic E-state index is 12.7. The molecule has 16 heteroatoms. The Morgan fingerprint density at radius 3 is 1.69 bits per heavy atom. The Bertz CT molecular complexity index is 1320. The second kappa shape index (κ2) is 37.5. The molecule has 0 bridgehead atoms. The molecule has 4 N–H and O–H groups in total. The monoisotopic (exact) mass is 923 g/mol. The average molecular weight is 923 g/mol. The van der Waals surface area contributed by atoms with Crippen molar-refractivity contribution in [3.05, 3.63) is 36.5 Å². The van der Waals surface area contributed by atoms with Crippen LogP contribution in [0, 0.1) is 5.92 Å². The number of aliphatic hydroxyl groups is 1. The van der Waals surface area contributed by atoms with Gasteiger partial charge in [-0.05, 0) is 57.3 Å². The number of rotatable bonds is 43. The number of hydrogen-bond donors (Lipinski definition) is 4. The van der Waals surface area contributed by atoms with Crippen LogP contribution in [0.1, 0.15) is 188 Å². The van der Waals surface area contributed by atoms with Crippen molar-refractivity contribution in [3.8, 4) is 0 Å². The van der Waals surface area contributed by atoms with E-state index in [1.165, 1.54) is 89.9 Å². The molecule has 1 aliphatic heterocycles. The smallest absolute Gasteiger partial charge is 0.462 e. The number of esters is 2. The lowest BCUT2D eigenvalue weighted by molar-refractivity contribution is -0.161. The van der Waals surface area contributed by atoms with E-state index in [4.69, 9.17) is 33.0 Å². The summed E-state index contributed by atoms with van der Waals surface area (Å²) in [7, 11) is -9.69. The molecule has 1 heterocycles. The molecule has 1 aliphatic rings. The molecule has 0 aromatic carbocycles. The molecular weight excluding hydrogens is 838 g/mol. The van der Waals surface area contributed by atoms with Crippen molar-refractivity contribution in [2.45, 2.75) is 212 Å². The van der Waals surface area contributed by atoms with Crippen molar-refractivity contribution in [3.63, 3.8) is 0 Å². The van der Waals surface area contributed by atoms with Gasteiger partial charge < -0.3 is 34.0 Å². The van der Waals surface area contributed by atoms with E-state index < -0.39 is 66.2 Å². The van der Waals surface area contributed by atoms with Crippen LogP contribution in [0.3, 0.4) is 0 Å². The van der Waals surface area contributed by atoms with Gasteiger partial charge in [0.05, 0.1) is 32.0 Å². The van der Waals surface area contributed by atoms with E-state index in [1.807, 2.05) is 12.2 Å². The summed E-state index contributed by atoms with van der Waals surface area (Å²) in [6.45, 7) is 4.01. The third-order valence-electron chi connectivity index (χ3n) is 10.4. The molecule has 0 amide bonds. The number of epoxide rings is 1. The van der Waals surface area contributed by atoms with E-state index in [0.29, 0.717) is 31.5 Å². The van der Waals surface area contributed by atoms with Crippen LogP contribution in [0.2, 0.25) is 0 Å². The van der Waals surface area contributed by atoms with E-state index in [-0.39, 0.29) is 12.8 Å². The Kier molecular flexibility index (Phi) is 35.3. The van der Waals surface area contributed by atoms with Gasteiger partial charge in [0, 0.05) is 12.8 Å². The summed E-state index contributed by atoms with van der Waals surface area (Å²) in [5.41, 5.74) is 0. The zero-order valence-electron chi connectivity index (χ0n) is 38.3. The third-order valence-corrected chi connectivity index (χ3v) is 11.8. The Hall–Kier alpha value is -1.70. The number of carbonyl (C=O) groups is 2. The van der Waals surface area contributed by atoms with Crippen LogP contribution in [0.15, 0.2) is 36.5 Å². The minimum Gasteiger partial charge on any atom is -0.462 e. The zero-order valence-corrected chi connectivity index (χ0v) is 40.1. The van der Waals surface area contributed by atoms with Gasteiger partial charge in [-0.25, -0.2) is 9.13 Å². The minimum atomic E-state index is -4.87. The molecule has 0 aromatic rings. The summed E-state index contributed by atoms with van der Waals surface area (Å²) in [6.07, 6.45) is 37.4. The van der Waals surface area contributed by atoms with Gasteiger partial charge in [-0.2, -0.15) is 0 Å². The summed E-state index contributed by atoms with van der Waals surface area (Å²) < 4.78 is 53.6. The topological polar surface area (TPSA) is 208 Å². The average Bonchev–Trinajstić information content (AvgIpc) is 3.98. The fourth-order valence-corrected chi connectivity index (χ4v) is 7.78. The van der Waals surface area contributed by atoms with Crippen LogP contribution in [0.5, 0.6) is 0 Å². The highest BCUT2D eigenvalue weighted by molar-refractivity contribution is 7.47. The lowest BCUT2D eigenvalue weighted by Gasteiger charge is -2.20. The molecule has 1 fully saturated rings. The van der Waals surface area contributed by atoms with Crippen molar-refractivity contribution in [2.24, 2.45) is 5.92 Å². The fraction of sp³-hybridized carbons (Fsp3) is 0.826. The number of unbranched alkanes of at least 4 members (excludes halogenated alkanes) is 17. The van der Waals surface area contributed by atoms with Gasteiger partial charge in [0.2, 0.25) is 0 Å². The second-order valence-electron chi connectivity index (χ2n) is 16.9. The van der Waals surface area contributed by atoms with E-state index >= 15 is 0 Å². The number of aliphatic hydroxyl groups excluding tert-OH is 1. The summed E-state index contributed by atoms with van der Waals surface area (Å²) in [6, 6.07) is 0. The Morgan fingerprint density at radius 1 is 0.597 bits per heavy atom. The SMILES string of the molecule is CCCCC/C=C\CC1OC1C/C=C\C/C=C\CCCC(=O)OC[C@H](COP(=O)(O)OC[C@@H](O)COP(=O)(O)O)OC(=O)CCCCCCCCCCCCCCCCC(C)C. The summed E-state index contributed by atoms with van der Waals surface area (Å²) in [4.78, 5) is 52.8. The fourth-order valence-electron chi connectivity index (χ4n) is 6.63. The Labute approximate surface area is 373 Å². The van der Waals surface area contributed by atoms with E-state index in [0.717, 1.165) is 50.9 Å². The summed E-state index contributed by atoms with van der Waals surface area (Å²) in [5.74, 6) is -0.292. The van der Waals surface area contributed by atoms with E-state index in [1.54, 1.807) is 0 Å². The van der Waals surface area contributed by atoms with Gasteiger partial charge in [0.15, 0.2) is 6.10 Å². The standard InChI is InChI=1S/C46H84O14P2/c1-4-5-6-7-22-27-32-43-44(60-43)33-28-23-18-16-20-24-29-34-45(48)55-38-42(39-58-62(53,54)57-37-41(47)36-56-61(50,51)52)59-46(49)35-30-25-19-15-13-11-9-8-10-12-14-17-21-26-31-40(2)3/h16,20,22-23,27-28,40-44,47H,4-15,17-19,21,24-26,29-39H2,1-3H3,(H,53,54)(H2,50,51,52)/b20-16-,27-22-,28-23-/t41-,42+,43?,44?/m0/s1. The first-order chi connectivity index (χ1) is 29.7. The molecular formula is C46H84O14P2. The molecule has 0 radical (unpaired) electrons. The number of hydrogen-bond acceptors (Lipinski definition) is 11. The first kappa shape index (κ1) is 58.3. The number of carbonyl (C=O) groups excluding carboxylic acids is 2. The van der Waals surface area contributed by atoms with Crippen LogP contribution >= 0.6 is 15.6 Å². The molecule has 0 spiro atoms. The lowest BCUT2D eigenvalue weighted by atomic mass is 10.0. The highest BCUT2D eigenvalue weighted by Gasteiger charge is 2.36. The second-order valence-corrected chi connectivity index (χ2v) is 19.6. The molecule has 1 saturated heterocycles. The number of phosphoric ester groups is 2. The molecule has 5 atom stereocenters. The first-order valence-corrected chi connectivity index (χ1v) is 26.7. The van der Waals surface area contributed by atoms with Crippen molar-refractivity contribution in [2.75, 3.05) is 26.4 Å². The maximum absolute atomic E-state index is 12.7. The normalized spacial score (nSPS) is 17.6. The third kappa shape index (κ3) is 38.7. The molecule has 14 nitrogen and oxygen atoms in total. The van der Waals surface area contributed by atoms with E-state index in [9.17, 15) is 28.7 Å². The number of allylic oxidation sites excluding steroid dienone is 4. The summed E-state index contributed by atoms with van der Waals surface area (Å²) >= 11 is 0. The van der Waals surface area contributed by atoms with Crippen LogP contribution in [-0.4, -0.2) is 82.6 Å². The Morgan fingerprint density at radius 2 is 1.10 bits per heavy atom. The highest BCUT2D eigenvalue weighted by Crippen LogP contribution is 2.44. The van der Waals surface area contributed by atoms with Gasteiger partial charge in [-0.3, -0.25) is 23.2 Å². The van der Waals surface area contributed by atoms with Crippen molar-refractivity contribution in [1.29, 1.82) is 0 Å². The maximum Gasteiger partial charge on any atom is 0.472 e. The van der Waals surface area contributed by atoms with Crippen LogP contribution < -0.4 is 0 Å². The van der Waals surface area contributed by atoms with Crippen LogP contribution in [0.4, 0.5) is 0 Å². The van der Waals surface area contributed by atoms with Gasteiger partial charge in [0.1, 0.15) is 12.7 Å².